The summed E-state index contributed by atoms with van der Waals surface area (Å²) in [6.45, 7) is 6.45. The monoisotopic (exact) mass is 443 g/mol. The lowest BCUT2D eigenvalue weighted by Crippen LogP contribution is -2.14. The molecular weight excluding hydrogens is 414 g/mol. The zero-order chi connectivity index (χ0) is 23.6. The minimum absolute atomic E-state index is 0.0439. The van der Waals surface area contributed by atoms with Crippen molar-refractivity contribution < 1.29 is 13.9 Å². The number of benzene rings is 2. The predicted molar refractivity (Wildman–Crippen MR) is 131 cm³/mol. The number of furan rings is 1. The van der Waals surface area contributed by atoms with Gasteiger partial charge in [-0.15, -0.1) is 0 Å². The number of methoxy groups -OCH3 is 1. The summed E-state index contributed by atoms with van der Waals surface area (Å²) in [5.74, 6) is 0.411. The smallest absolute Gasteiger partial charge is 0.291 e. The number of anilines is 1. The molecule has 0 saturated carbocycles. The molecule has 1 amide bonds. The summed E-state index contributed by atoms with van der Waals surface area (Å²) in [5, 5.41) is 3.66. The van der Waals surface area contributed by atoms with Gasteiger partial charge in [-0.3, -0.25) is 9.78 Å². The predicted octanol–water partition coefficient (Wildman–Crippen LogP) is 5.63. The molecule has 0 aliphatic rings. The first-order valence-electron chi connectivity index (χ1n) is 10.9. The Morgan fingerprint density at radius 1 is 1.12 bits per heavy atom. The standard InChI is InChI=1S/C27H29N3O3/c1-27(2,3)17-8-10-18(11-9-17)30-26(31)24-16-21-20(12-13-23(32-4)25(21)33-24)22(28)15-19-7-5-6-14-29-19/h5-14,16,22H,15,28H2,1-4H3,(H,30,31). The van der Waals surface area contributed by atoms with Crippen LogP contribution >= 0.6 is 0 Å². The molecule has 2 heterocycles. The van der Waals surface area contributed by atoms with Crippen molar-refractivity contribution in [1.29, 1.82) is 0 Å². The van der Waals surface area contributed by atoms with Crippen molar-refractivity contribution in [3.05, 3.63) is 89.4 Å². The molecule has 1 unspecified atom stereocenters. The first-order valence-corrected chi connectivity index (χ1v) is 10.9. The van der Waals surface area contributed by atoms with E-state index in [9.17, 15) is 4.79 Å². The van der Waals surface area contributed by atoms with E-state index >= 15 is 0 Å². The molecule has 3 N–H and O–H groups in total. The minimum Gasteiger partial charge on any atom is -0.493 e. The second kappa shape index (κ2) is 9.08. The SMILES string of the molecule is COc1ccc(C(N)Cc2ccccn2)c2cc(C(=O)Nc3ccc(C(C)(C)C)cc3)oc12. The van der Waals surface area contributed by atoms with Crippen molar-refractivity contribution in [2.75, 3.05) is 12.4 Å². The highest BCUT2D eigenvalue weighted by Gasteiger charge is 2.21. The number of carbonyl (C=O) groups is 1. The number of fused-ring (bicyclic) bond motifs is 1. The molecule has 0 radical (unpaired) electrons. The van der Waals surface area contributed by atoms with Crippen molar-refractivity contribution in [2.45, 2.75) is 38.6 Å². The van der Waals surface area contributed by atoms with Gasteiger partial charge in [0.15, 0.2) is 17.1 Å². The topological polar surface area (TPSA) is 90.4 Å². The number of hydrogen-bond acceptors (Lipinski definition) is 5. The number of amides is 1. The van der Waals surface area contributed by atoms with Crippen LogP contribution in [-0.2, 0) is 11.8 Å². The van der Waals surface area contributed by atoms with Crippen molar-refractivity contribution >= 4 is 22.6 Å². The Morgan fingerprint density at radius 3 is 2.52 bits per heavy atom. The maximum atomic E-state index is 13.0. The molecule has 1 atom stereocenters. The molecule has 33 heavy (non-hydrogen) atoms. The van der Waals surface area contributed by atoms with Gasteiger partial charge in [0.05, 0.1) is 7.11 Å². The maximum Gasteiger partial charge on any atom is 0.291 e. The summed E-state index contributed by atoms with van der Waals surface area (Å²) in [6.07, 6.45) is 2.31. The van der Waals surface area contributed by atoms with Crippen molar-refractivity contribution in [1.82, 2.24) is 4.98 Å². The van der Waals surface area contributed by atoms with Crippen molar-refractivity contribution in [3.8, 4) is 5.75 Å². The molecule has 6 heteroatoms. The van der Waals surface area contributed by atoms with Gasteiger partial charge in [0.2, 0.25) is 0 Å². The Kier molecular flexibility index (Phi) is 6.20. The number of aromatic nitrogens is 1. The van der Waals surface area contributed by atoms with Crippen LogP contribution in [0, 0.1) is 0 Å². The van der Waals surface area contributed by atoms with Gasteiger partial charge in [-0.05, 0) is 52.9 Å². The average Bonchev–Trinajstić information content (AvgIpc) is 3.24. The summed E-state index contributed by atoms with van der Waals surface area (Å²) >= 11 is 0. The van der Waals surface area contributed by atoms with Gasteiger partial charge < -0.3 is 20.2 Å². The Morgan fingerprint density at radius 2 is 1.88 bits per heavy atom. The van der Waals surface area contributed by atoms with Gasteiger partial charge in [0.1, 0.15) is 0 Å². The van der Waals surface area contributed by atoms with E-state index in [4.69, 9.17) is 14.9 Å². The molecule has 0 saturated heterocycles. The van der Waals surface area contributed by atoms with E-state index in [2.05, 4.69) is 31.1 Å². The summed E-state index contributed by atoms with van der Waals surface area (Å²) < 4.78 is 11.4. The highest BCUT2D eigenvalue weighted by Crippen LogP contribution is 2.35. The fourth-order valence-electron chi connectivity index (χ4n) is 3.82. The number of nitrogens with zero attached hydrogens (tertiary/aromatic N) is 1. The lowest BCUT2D eigenvalue weighted by Gasteiger charge is -2.19. The van der Waals surface area contributed by atoms with Crippen LogP contribution < -0.4 is 15.8 Å². The summed E-state index contributed by atoms with van der Waals surface area (Å²) in [5.41, 5.74) is 10.7. The highest BCUT2D eigenvalue weighted by molar-refractivity contribution is 6.05. The Bertz CT molecular complexity index is 1260. The first-order chi connectivity index (χ1) is 15.8. The molecule has 4 rings (SSSR count). The first kappa shape index (κ1) is 22.6. The lowest BCUT2D eigenvalue weighted by molar-refractivity contribution is 0.0998. The quantitative estimate of drug-likeness (QED) is 0.403. The fraction of sp³-hybridized carbons (Fsp3) is 0.259. The molecule has 0 aliphatic heterocycles. The number of ether oxygens (including phenoxy) is 1. The highest BCUT2D eigenvalue weighted by atomic mass is 16.5. The molecular formula is C27H29N3O3. The van der Waals surface area contributed by atoms with Gasteiger partial charge >= 0.3 is 0 Å². The van der Waals surface area contributed by atoms with Gasteiger partial charge in [-0.25, -0.2) is 0 Å². The van der Waals surface area contributed by atoms with Crippen LogP contribution in [0.1, 0.15) is 54.2 Å². The molecule has 2 aromatic heterocycles. The van der Waals surface area contributed by atoms with Crippen LogP contribution in [0.3, 0.4) is 0 Å². The molecule has 6 nitrogen and oxygen atoms in total. The minimum atomic E-state index is -0.332. The van der Waals surface area contributed by atoms with E-state index in [1.807, 2.05) is 54.6 Å². The van der Waals surface area contributed by atoms with E-state index in [1.165, 1.54) is 5.56 Å². The van der Waals surface area contributed by atoms with Gasteiger partial charge in [0.25, 0.3) is 5.91 Å². The number of nitrogens with one attached hydrogen (secondary N) is 1. The van der Waals surface area contributed by atoms with Crippen LogP contribution in [0.25, 0.3) is 11.0 Å². The third-order valence-electron chi connectivity index (χ3n) is 5.69. The van der Waals surface area contributed by atoms with Crippen molar-refractivity contribution in [3.63, 3.8) is 0 Å². The van der Waals surface area contributed by atoms with Gasteiger partial charge in [-0.1, -0.05) is 45.0 Å². The molecule has 0 aliphatic carbocycles. The zero-order valence-electron chi connectivity index (χ0n) is 19.4. The third-order valence-corrected chi connectivity index (χ3v) is 5.69. The van der Waals surface area contributed by atoms with E-state index < -0.39 is 0 Å². The number of hydrogen-bond donors (Lipinski definition) is 2. The second-order valence-electron chi connectivity index (χ2n) is 9.12. The summed E-state index contributed by atoms with van der Waals surface area (Å²) in [7, 11) is 1.57. The van der Waals surface area contributed by atoms with E-state index in [1.54, 1.807) is 19.4 Å². The van der Waals surface area contributed by atoms with Crippen molar-refractivity contribution in [2.24, 2.45) is 5.73 Å². The molecule has 170 valence electrons. The zero-order valence-corrected chi connectivity index (χ0v) is 19.4. The number of nitrogens with two attached hydrogens (primary N) is 1. The van der Waals surface area contributed by atoms with Gasteiger partial charge in [0, 0.05) is 35.4 Å². The lowest BCUT2D eigenvalue weighted by atomic mass is 9.87. The normalized spacial score (nSPS) is 12.5. The van der Waals surface area contributed by atoms with Crippen LogP contribution in [0.4, 0.5) is 5.69 Å². The Hall–Kier alpha value is -3.64. The molecule has 0 spiro atoms. The molecule has 0 fully saturated rings. The molecule has 4 aromatic rings. The average molecular weight is 444 g/mol. The fourth-order valence-corrected chi connectivity index (χ4v) is 3.82. The van der Waals surface area contributed by atoms with E-state index in [0.29, 0.717) is 23.4 Å². The van der Waals surface area contributed by atoms with Crippen LogP contribution in [0.2, 0.25) is 0 Å². The van der Waals surface area contributed by atoms with Crippen LogP contribution in [0.15, 0.2) is 71.3 Å². The summed E-state index contributed by atoms with van der Waals surface area (Å²) in [4.78, 5) is 17.3. The Balaban J connectivity index is 1.62. The number of pyridine rings is 1. The van der Waals surface area contributed by atoms with Gasteiger partial charge in [-0.2, -0.15) is 0 Å². The molecule has 0 bridgehead atoms. The largest absolute Gasteiger partial charge is 0.493 e. The molecule has 2 aromatic carbocycles. The van der Waals surface area contributed by atoms with Crippen LogP contribution in [-0.4, -0.2) is 18.0 Å². The van der Waals surface area contributed by atoms with E-state index in [0.717, 1.165) is 16.6 Å². The van der Waals surface area contributed by atoms with E-state index in [-0.39, 0.29) is 23.1 Å². The third kappa shape index (κ3) is 4.91. The maximum absolute atomic E-state index is 13.0. The number of rotatable bonds is 6. The Labute approximate surface area is 193 Å². The second-order valence-corrected chi connectivity index (χ2v) is 9.12. The number of carbonyl (C=O) groups excluding carboxylic acids is 1. The summed E-state index contributed by atoms with van der Waals surface area (Å²) in [6, 6.07) is 18.7. The van der Waals surface area contributed by atoms with Crippen LogP contribution in [0.5, 0.6) is 5.75 Å².